The molecular weight excluding hydrogens is 330 g/mol. The lowest BCUT2D eigenvalue weighted by molar-refractivity contribution is 0.256. The maximum absolute atomic E-state index is 12.5. The van der Waals surface area contributed by atoms with Crippen molar-refractivity contribution in [1.29, 1.82) is 0 Å². The van der Waals surface area contributed by atoms with E-state index >= 15 is 0 Å². The van der Waals surface area contributed by atoms with Crippen molar-refractivity contribution < 1.29 is 0 Å². The van der Waals surface area contributed by atoms with Crippen LogP contribution in [0.15, 0.2) is 34.0 Å². The van der Waals surface area contributed by atoms with Crippen molar-refractivity contribution in [1.82, 2.24) is 24.2 Å². The topological polar surface area (TPSA) is 73.0 Å². The van der Waals surface area contributed by atoms with Gasteiger partial charge in [0, 0.05) is 50.8 Å². The van der Waals surface area contributed by atoms with Crippen molar-refractivity contribution in [2.45, 2.75) is 44.8 Å². The van der Waals surface area contributed by atoms with Gasteiger partial charge in [-0.1, -0.05) is 12.5 Å². The van der Waals surface area contributed by atoms with Gasteiger partial charge < -0.3 is 0 Å². The highest BCUT2D eigenvalue weighted by Gasteiger charge is 2.42. The summed E-state index contributed by atoms with van der Waals surface area (Å²) in [6, 6.07) is 5.98. The highest BCUT2D eigenvalue weighted by atomic mass is 16.2. The summed E-state index contributed by atoms with van der Waals surface area (Å²) < 4.78 is 3.08. The van der Waals surface area contributed by atoms with Crippen LogP contribution >= 0.6 is 0 Å². The van der Waals surface area contributed by atoms with Gasteiger partial charge in [0.2, 0.25) is 0 Å². The molecule has 0 radical (unpaired) electrons. The van der Waals surface area contributed by atoms with Gasteiger partial charge in [-0.05, 0) is 30.9 Å². The molecule has 2 aromatic rings. The third-order valence-electron chi connectivity index (χ3n) is 6.20. The van der Waals surface area contributed by atoms with E-state index < -0.39 is 5.56 Å². The van der Waals surface area contributed by atoms with Gasteiger partial charge in [0.25, 0.3) is 0 Å². The summed E-state index contributed by atoms with van der Waals surface area (Å²) in [6.07, 6.45) is 5.31. The number of fused-ring (bicyclic) bond motifs is 3. The molecule has 2 atom stereocenters. The zero-order valence-corrected chi connectivity index (χ0v) is 14.8. The average molecular weight is 353 g/mol. The molecule has 1 saturated heterocycles. The number of hydrogen-bond acceptors (Lipinski definition) is 5. The quantitative estimate of drug-likeness (QED) is 0.761. The molecule has 136 valence electrons. The lowest BCUT2D eigenvalue weighted by atomic mass is 9.85. The van der Waals surface area contributed by atoms with Crippen LogP contribution in [0.5, 0.6) is 0 Å². The van der Waals surface area contributed by atoms with Gasteiger partial charge in [0.15, 0.2) is 0 Å². The number of pyridine rings is 1. The minimum atomic E-state index is -0.453. The van der Waals surface area contributed by atoms with Gasteiger partial charge in [-0.25, -0.2) is 4.68 Å². The summed E-state index contributed by atoms with van der Waals surface area (Å²) >= 11 is 0. The predicted molar refractivity (Wildman–Crippen MR) is 95.8 cm³/mol. The third kappa shape index (κ3) is 2.61. The molecule has 0 spiro atoms. The molecular formula is C19H23N5O2. The van der Waals surface area contributed by atoms with Crippen LogP contribution in [-0.2, 0) is 19.6 Å². The molecule has 0 aromatic carbocycles. The molecule has 2 fully saturated rings. The average Bonchev–Trinajstić information content (AvgIpc) is 3.14. The summed E-state index contributed by atoms with van der Waals surface area (Å²) in [5, 5.41) is 4.64. The molecule has 0 unspecified atom stereocenters. The minimum Gasteiger partial charge on any atom is -0.296 e. The molecule has 0 N–H and O–H groups in total. The smallest absolute Gasteiger partial charge is 0.296 e. The molecule has 1 aliphatic carbocycles. The van der Waals surface area contributed by atoms with Crippen LogP contribution in [0.1, 0.15) is 36.7 Å². The monoisotopic (exact) mass is 353 g/mol. The van der Waals surface area contributed by atoms with Gasteiger partial charge in [0.05, 0.1) is 5.69 Å². The zero-order valence-electron chi connectivity index (χ0n) is 14.8. The minimum absolute atomic E-state index is 0.236. The molecule has 4 heterocycles. The predicted octanol–water partition coefficient (Wildman–Crippen LogP) is 0.829. The Bertz CT molecular complexity index is 931. The molecule has 2 aliphatic heterocycles. The van der Waals surface area contributed by atoms with Gasteiger partial charge >= 0.3 is 11.1 Å². The number of likely N-dealkylation sites (tertiary alicyclic amines) is 1. The second-order valence-corrected chi connectivity index (χ2v) is 7.94. The first-order chi connectivity index (χ1) is 12.7. The molecule has 0 bridgehead atoms. The molecule has 2 aromatic heterocycles. The second-order valence-electron chi connectivity index (χ2n) is 7.94. The van der Waals surface area contributed by atoms with E-state index in [4.69, 9.17) is 0 Å². The lowest BCUT2D eigenvalue weighted by Crippen LogP contribution is -2.45. The Morgan fingerprint density at radius 3 is 2.69 bits per heavy atom. The molecule has 26 heavy (non-hydrogen) atoms. The molecule has 7 nitrogen and oxygen atoms in total. The van der Waals surface area contributed by atoms with Crippen LogP contribution < -0.4 is 11.1 Å². The zero-order chi connectivity index (χ0) is 17.7. The molecule has 5 rings (SSSR count). The van der Waals surface area contributed by atoms with E-state index in [1.54, 1.807) is 4.57 Å². The van der Waals surface area contributed by atoms with Crippen molar-refractivity contribution in [3.05, 3.63) is 56.6 Å². The van der Waals surface area contributed by atoms with E-state index in [2.05, 4.69) is 15.0 Å². The fourth-order valence-corrected chi connectivity index (χ4v) is 4.57. The van der Waals surface area contributed by atoms with Crippen molar-refractivity contribution in [3.8, 4) is 0 Å². The first kappa shape index (κ1) is 15.9. The van der Waals surface area contributed by atoms with Crippen molar-refractivity contribution >= 4 is 0 Å². The Balaban J connectivity index is 1.40. The van der Waals surface area contributed by atoms with Crippen LogP contribution in [0.2, 0.25) is 0 Å². The van der Waals surface area contributed by atoms with E-state index in [1.165, 1.54) is 11.1 Å². The van der Waals surface area contributed by atoms with E-state index in [0.29, 0.717) is 24.9 Å². The fraction of sp³-hybridized carbons (Fsp3) is 0.579. The highest BCUT2D eigenvalue weighted by molar-refractivity contribution is 5.13. The first-order valence-corrected chi connectivity index (χ1v) is 9.53. The Hall–Kier alpha value is -2.28. The Kier molecular flexibility index (Phi) is 3.77. The SMILES string of the molecule is O=c1c(=O)n2c(nn1CC1CCC1)[C@H]1CN(Cc3ccccn3)C[C@H]1C2. The summed E-state index contributed by atoms with van der Waals surface area (Å²) in [4.78, 5) is 31.7. The Morgan fingerprint density at radius 1 is 1.08 bits per heavy atom. The molecule has 1 saturated carbocycles. The van der Waals surface area contributed by atoms with Crippen LogP contribution in [0, 0.1) is 11.8 Å². The number of hydrogen-bond donors (Lipinski definition) is 0. The van der Waals surface area contributed by atoms with Crippen molar-refractivity contribution in [2.24, 2.45) is 11.8 Å². The third-order valence-corrected chi connectivity index (χ3v) is 6.20. The maximum Gasteiger partial charge on any atom is 0.332 e. The second kappa shape index (κ2) is 6.16. The molecule has 0 amide bonds. The normalized spacial score (nSPS) is 25.1. The molecule has 7 heteroatoms. The van der Waals surface area contributed by atoms with E-state index in [1.807, 2.05) is 24.4 Å². The van der Waals surface area contributed by atoms with E-state index in [9.17, 15) is 9.59 Å². The van der Waals surface area contributed by atoms with Crippen LogP contribution in [0.25, 0.3) is 0 Å². The number of aromatic nitrogens is 4. The van der Waals surface area contributed by atoms with Crippen molar-refractivity contribution in [3.63, 3.8) is 0 Å². The highest BCUT2D eigenvalue weighted by Crippen LogP contribution is 2.37. The summed E-state index contributed by atoms with van der Waals surface area (Å²) in [5.41, 5.74) is 0.221. The van der Waals surface area contributed by atoms with E-state index in [-0.39, 0.29) is 11.5 Å². The summed E-state index contributed by atoms with van der Waals surface area (Å²) in [7, 11) is 0. The Morgan fingerprint density at radius 2 is 1.96 bits per heavy atom. The first-order valence-electron chi connectivity index (χ1n) is 9.53. The summed E-state index contributed by atoms with van der Waals surface area (Å²) in [5.74, 6) is 1.91. The van der Waals surface area contributed by atoms with E-state index in [0.717, 1.165) is 44.0 Å². The van der Waals surface area contributed by atoms with Crippen LogP contribution in [0.4, 0.5) is 0 Å². The van der Waals surface area contributed by atoms with Crippen molar-refractivity contribution in [2.75, 3.05) is 13.1 Å². The van der Waals surface area contributed by atoms with Gasteiger partial charge in [-0.2, -0.15) is 5.10 Å². The van der Waals surface area contributed by atoms with Gasteiger partial charge in [-0.15, -0.1) is 0 Å². The number of nitrogens with zero attached hydrogens (tertiary/aromatic N) is 5. The van der Waals surface area contributed by atoms with Gasteiger partial charge in [0.1, 0.15) is 5.82 Å². The Labute approximate surface area is 151 Å². The standard InChI is InChI=1S/C19H23N5O2/c25-18-19(26)24(8-13-4-3-5-13)21-17-16-12-22(9-14(16)10-23(17)18)11-15-6-1-2-7-20-15/h1-2,6-7,13-14,16H,3-5,8-12H2/t14-,16-/m0/s1. The van der Waals surface area contributed by atoms with Crippen LogP contribution in [0.3, 0.4) is 0 Å². The van der Waals surface area contributed by atoms with Crippen LogP contribution in [-0.4, -0.2) is 37.3 Å². The molecule has 3 aliphatic rings. The lowest BCUT2D eigenvalue weighted by Gasteiger charge is -2.25. The summed E-state index contributed by atoms with van der Waals surface area (Å²) in [6.45, 7) is 3.82. The fourth-order valence-electron chi connectivity index (χ4n) is 4.57. The maximum atomic E-state index is 12.5. The van der Waals surface area contributed by atoms with Gasteiger partial charge in [-0.3, -0.25) is 24.0 Å². The number of rotatable bonds is 4. The largest absolute Gasteiger partial charge is 0.332 e.